The van der Waals surface area contributed by atoms with Crippen molar-refractivity contribution in [3.63, 3.8) is 0 Å². The molecule has 0 aliphatic carbocycles. The molecule has 0 saturated carbocycles. The molecular formula is C23H17BrN2O4S. The summed E-state index contributed by atoms with van der Waals surface area (Å²) in [5.74, 6) is -1.06. The van der Waals surface area contributed by atoms with Crippen LogP contribution in [-0.2, 0) is 4.74 Å². The summed E-state index contributed by atoms with van der Waals surface area (Å²) in [5, 5.41) is 13.7. The molecule has 0 aliphatic heterocycles. The highest BCUT2D eigenvalue weighted by atomic mass is 79.9. The smallest absolute Gasteiger partial charge is 0.341 e. The molecule has 4 rings (SSSR count). The maximum Gasteiger partial charge on any atom is 0.341 e. The number of halogens is 1. The number of ether oxygens (including phenoxy) is 1. The fourth-order valence-electron chi connectivity index (χ4n) is 3.12. The lowest BCUT2D eigenvalue weighted by molar-refractivity contribution is 0.0529. The van der Waals surface area contributed by atoms with Crippen molar-refractivity contribution in [1.29, 1.82) is 5.41 Å². The van der Waals surface area contributed by atoms with Crippen LogP contribution in [0.1, 0.15) is 27.6 Å². The molecule has 156 valence electrons. The van der Waals surface area contributed by atoms with Gasteiger partial charge in [-0.15, -0.1) is 11.3 Å². The number of hydrogen-bond acceptors (Lipinski definition) is 6. The van der Waals surface area contributed by atoms with Crippen LogP contribution >= 0.6 is 27.3 Å². The van der Waals surface area contributed by atoms with Crippen LogP contribution in [0, 0.1) is 5.41 Å². The van der Waals surface area contributed by atoms with Crippen molar-refractivity contribution in [1.82, 2.24) is 0 Å². The summed E-state index contributed by atoms with van der Waals surface area (Å²) in [5.41, 5.74) is 2.12. The molecule has 0 aliphatic rings. The lowest BCUT2D eigenvalue weighted by atomic mass is 10.0. The SMILES string of the molecule is CCOC(=O)c1c(-c2ccc(Br)cc2)csc1NC(=O)c1cc2ccccc2oc1=N. The van der Waals surface area contributed by atoms with Gasteiger partial charge in [-0.05, 0) is 36.8 Å². The zero-order valence-electron chi connectivity index (χ0n) is 16.4. The normalized spacial score (nSPS) is 10.8. The van der Waals surface area contributed by atoms with Crippen LogP contribution < -0.4 is 10.9 Å². The fraction of sp³-hybridized carbons (Fsp3) is 0.0870. The number of carbonyl (C=O) groups is 2. The topological polar surface area (TPSA) is 92.4 Å². The van der Waals surface area contributed by atoms with Gasteiger partial charge in [0, 0.05) is 20.8 Å². The number of fused-ring (bicyclic) bond motifs is 1. The van der Waals surface area contributed by atoms with Crippen molar-refractivity contribution >= 4 is 55.1 Å². The summed E-state index contributed by atoms with van der Waals surface area (Å²) in [6, 6.07) is 16.3. The summed E-state index contributed by atoms with van der Waals surface area (Å²) in [4.78, 5) is 25.7. The lowest BCUT2D eigenvalue weighted by Gasteiger charge is -2.09. The molecule has 2 aromatic carbocycles. The Morgan fingerprint density at radius 1 is 1.16 bits per heavy atom. The third kappa shape index (κ3) is 4.30. The number of nitrogens with one attached hydrogen (secondary N) is 2. The van der Waals surface area contributed by atoms with Crippen LogP contribution in [-0.4, -0.2) is 18.5 Å². The van der Waals surface area contributed by atoms with Gasteiger partial charge in [-0.2, -0.15) is 0 Å². The van der Waals surface area contributed by atoms with Crippen LogP contribution in [0.4, 0.5) is 5.00 Å². The highest BCUT2D eigenvalue weighted by Crippen LogP contribution is 2.37. The van der Waals surface area contributed by atoms with Gasteiger partial charge < -0.3 is 14.5 Å². The number of rotatable bonds is 5. The first-order valence-electron chi connectivity index (χ1n) is 9.41. The van der Waals surface area contributed by atoms with Crippen LogP contribution in [0.3, 0.4) is 0 Å². The highest BCUT2D eigenvalue weighted by Gasteiger charge is 2.24. The van der Waals surface area contributed by atoms with Gasteiger partial charge in [-0.25, -0.2) is 4.79 Å². The summed E-state index contributed by atoms with van der Waals surface area (Å²) in [6.07, 6.45) is 0. The Kier molecular flexibility index (Phi) is 6.01. The van der Waals surface area contributed by atoms with E-state index in [2.05, 4.69) is 21.2 Å². The van der Waals surface area contributed by atoms with Gasteiger partial charge in [-0.1, -0.05) is 46.3 Å². The van der Waals surface area contributed by atoms with Crippen molar-refractivity contribution in [3.8, 4) is 11.1 Å². The Balaban J connectivity index is 1.73. The molecule has 0 fully saturated rings. The van der Waals surface area contributed by atoms with Crippen molar-refractivity contribution in [2.24, 2.45) is 0 Å². The zero-order valence-corrected chi connectivity index (χ0v) is 18.8. The first-order chi connectivity index (χ1) is 15.0. The van der Waals surface area contributed by atoms with E-state index in [1.807, 2.05) is 30.3 Å². The maximum atomic E-state index is 13.0. The molecule has 4 aromatic rings. The molecule has 0 radical (unpaired) electrons. The van der Waals surface area contributed by atoms with E-state index in [4.69, 9.17) is 14.6 Å². The highest BCUT2D eigenvalue weighted by molar-refractivity contribution is 9.10. The third-order valence-corrected chi connectivity index (χ3v) is 6.00. The fourth-order valence-corrected chi connectivity index (χ4v) is 4.33. The van der Waals surface area contributed by atoms with Gasteiger partial charge >= 0.3 is 5.97 Å². The zero-order chi connectivity index (χ0) is 22.0. The summed E-state index contributed by atoms with van der Waals surface area (Å²) >= 11 is 4.63. The number of hydrogen-bond donors (Lipinski definition) is 2. The van der Waals surface area contributed by atoms with Crippen molar-refractivity contribution < 1.29 is 18.7 Å². The number of benzene rings is 2. The second-order valence-corrected chi connectivity index (χ2v) is 8.36. The van der Waals surface area contributed by atoms with E-state index in [0.717, 1.165) is 10.0 Å². The minimum Gasteiger partial charge on any atom is -0.462 e. The number of thiophene rings is 1. The quantitative estimate of drug-likeness (QED) is 0.339. The number of para-hydroxylation sites is 1. The third-order valence-electron chi connectivity index (χ3n) is 4.57. The van der Waals surface area contributed by atoms with Crippen LogP contribution in [0.25, 0.3) is 22.1 Å². The molecule has 2 aromatic heterocycles. The van der Waals surface area contributed by atoms with Gasteiger partial charge in [0.1, 0.15) is 21.7 Å². The Hall–Kier alpha value is -3.23. The van der Waals surface area contributed by atoms with Crippen LogP contribution in [0.2, 0.25) is 0 Å². The van der Waals surface area contributed by atoms with E-state index in [0.29, 0.717) is 21.5 Å². The van der Waals surface area contributed by atoms with Gasteiger partial charge in [0.05, 0.1) is 6.61 Å². The average molecular weight is 497 g/mol. The Labute approximate surface area is 190 Å². The Morgan fingerprint density at radius 2 is 1.90 bits per heavy atom. The standard InChI is InChI=1S/C23H17BrN2O4S/c1-2-29-23(28)19-17(13-7-9-15(24)10-8-13)12-31-22(19)26-21(27)16-11-14-5-3-4-6-18(14)30-20(16)25/h3-12,25H,2H2,1H3,(H,26,27). The summed E-state index contributed by atoms with van der Waals surface area (Å²) in [6.45, 7) is 1.94. The minimum absolute atomic E-state index is 0.0760. The molecule has 0 atom stereocenters. The Bertz CT molecular complexity index is 1340. The van der Waals surface area contributed by atoms with Gasteiger partial charge in [0.2, 0.25) is 5.55 Å². The summed E-state index contributed by atoms with van der Waals surface area (Å²) in [7, 11) is 0. The second-order valence-electron chi connectivity index (χ2n) is 6.56. The molecule has 0 spiro atoms. The first kappa shape index (κ1) is 21.0. The number of amides is 1. The number of anilines is 1. The molecule has 6 nitrogen and oxygen atoms in total. The van der Waals surface area contributed by atoms with E-state index in [-0.39, 0.29) is 23.3 Å². The van der Waals surface area contributed by atoms with E-state index in [9.17, 15) is 9.59 Å². The molecule has 0 saturated heterocycles. The van der Waals surface area contributed by atoms with E-state index in [1.165, 1.54) is 11.3 Å². The molecule has 2 heterocycles. The average Bonchev–Trinajstić information content (AvgIpc) is 3.17. The summed E-state index contributed by atoms with van der Waals surface area (Å²) < 4.78 is 11.6. The van der Waals surface area contributed by atoms with E-state index in [1.54, 1.807) is 36.6 Å². The molecule has 31 heavy (non-hydrogen) atoms. The predicted molar refractivity (Wildman–Crippen MR) is 123 cm³/mol. The largest absolute Gasteiger partial charge is 0.462 e. The van der Waals surface area contributed by atoms with E-state index < -0.39 is 11.9 Å². The molecule has 0 unspecified atom stereocenters. The number of carbonyl (C=O) groups excluding carboxylic acids is 2. The maximum absolute atomic E-state index is 13.0. The van der Waals surface area contributed by atoms with Crippen LogP contribution in [0.5, 0.6) is 0 Å². The van der Waals surface area contributed by atoms with Gasteiger partial charge in [-0.3, -0.25) is 10.2 Å². The van der Waals surface area contributed by atoms with Gasteiger partial charge in [0.25, 0.3) is 5.91 Å². The number of esters is 1. The molecule has 8 heteroatoms. The second kappa shape index (κ2) is 8.87. The minimum atomic E-state index is -0.533. The monoisotopic (exact) mass is 496 g/mol. The van der Waals surface area contributed by atoms with E-state index >= 15 is 0 Å². The predicted octanol–water partition coefficient (Wildman–Crippen LogP) is 5.83. The first-order valence-corrected chi connectivity index (χ1v) is 11.1. The molecule has 0 bridgehead atoms. The molecular weight excluding hydrogens is 480 g/mol. The van der Waals surface area contributed by atoms with Gasteiger partial charge in [0.15, 0.2) is 0 Å². The lowest BCUT2D eigenvalue weighted by Crippen LogP contribution is -2.21. The van der Waals surface area contributed by atoms with Crippen LogP contribution in [0.15, 0.2) is 68.9 Å². The molecule has 2 N–H and O–H groups in total. The molecule has 1 amide bonds. The Morgan fingerprint density at radius 3 is 2.65 bits per heavy atom. The van der Waals surface area contributed by atoms with Crippen molar-refractivity contribution in [2.75, 3.05) is 11.9 Å². The van der Waals surface area contributed by atoms with Crippen molar-refractivity contribution in [3.05, 3.63) is 81.1 Å². The van der Waals surface area contributed by atoms with Crippen molar-refractivity contribution in [2.45, 2.75) is 6.92 Å².